The van der Waals surface area contributed by atoms with Gasteiger partial charge in [0.05, 0.1) is 0 Å². The van der Waals surface area contributed by atoms with Crippen LogP contribution in [0.2, 0.25) is 0 Å². The maximum absolute atomic E-state index is 12.9. The van der Waals surface area contributed by atoms with Crippen molar-refractivity contribution in [1.29, 1.82) is 0 Å². The lowest BCUT2D eigenvalue weighted by atomic mass is 9.85. The number of carbonyl (C=O) groups excluding carboxylic acids is 1. The zero-order chi connectivity index (χ0) is 19.1. The van der Waals surface area contributed by atoms with E-state index in [1.54, 1.807) is 0 Å². The largest absolute Gasteiger partial charge is 0.343 e. The summed E-state index contributed by atoms with van der Waals surface area (Å²) in [5.74, 6) is 2.12. The van der Waals surface area contributed by atoms with E-state index in [0.717, 1.165) is 45.8 Å². The molecule has 2 aliphatic rings. The molecule has 1 aromatic rings. The molecule has 0 spiro atoms. The average Bonchev–Trinajstić information content (AvgIpc) is 3.14. The van der Waals surface area contributed by atoms with Crippen LogP contribution in [0.15, 0.2) is 30.3 Å². The highest BCUT2D eigenvalue weighted by Crippen LogP contribution is 2.24. The van der Waals surface area contributed by atoms with Crippen LogP contribution < -0.4 is 5.32 Å². The molecule has 0 aromatic heterocycles. The molecule has 1 amide bonds. The normalized spacial score (nSPS) is 23.0. The summed E-state index contributed by atoms with van der Waals surface area (Å²) in [6, 6.07) is 10.7. The van der Waals surface area contributed by atoms with Crippen LogP contribution in [0.3, 0.4) is 0 Å². The van der Waals surface area contributed by atoms with Crippen molar-refractivity contribution in [2.45, 2.75) is 46.1 Å². The van der Waals surface area contributed by atoms with E-state index in [4.69, 9.17) is 0 Å². The number of nitrogens with one attached hydrogen (secondary N) is 1. The lowest BCUT2D eigenvalue weighted by Crippen LogP contribution is -2.39. The Morgan fingerprint density at radius 1 is 1.24 bits per heavy atom. The van der Waals surface area contributed by atoms with Crippen LogP contribution in [0.5, 0.6) is 0 Å². The molecule has 0 aliphatic carbocycles. The molecule has 2 saturated heterocycles. The van der Waals surface area contributed by atoms with Crippen molar-refractivity contribution < 1.29 is 4.79 Å². The van der Waals surface area contributed by atoms with Crippen molar-refractivity contribution in [1.82, 2.24) is 15.1 Å². The molecule has 1 N–H and O–H groups in total. The Balaban J connectivity index is 0.00000210. The number of hydrogen-bond acceptors (Lipinski definition) is 3. The molecule has 1 aromatic carbocycles. The van der Waals surface area contributed by atoms with E-state index in [-0.39, 0.29) is 24.8 Å². The number of benzene rings is 1. The van der Waals surface area contributed by atoms with Crippen LogP contribution in [0, 0.1) is 17.8 Å². The van der Waals surface area contributed by atoms with Gasteiger partial charge in [-0.2, -0.15) is 0 Å². The van der Waals surface area contributed by atoms with E-state index in [1.165, 1.54) is 24.8 Å². The molecule has 0 bridgehead atoms. The minimum absolute atomic E-state index is 0. The molecule has 3 unspecified atom stereocenters. The van der Waals surface area contributed by atoms with Crippen molar-refractivity contribution in [3.05, 3.63) is 35.9 Å². The molecular weight excluding hydrogens is 405 g/mol. The minimum atomic E-state index is 0. The standard InChI is InChI=1S/C23H37N3O.2ClH/c1-3-26(23(27)14-19(2)22-10-7-12-24-15-22)18-21-11-13-25(17-21)16-20-8-5-4-6-9-20;;/h4-6,8-9,19,21-22,24H,3,7,10-18H2,1-2H3;2*1H. The predicted octanol–water partition coefficient (Wildman–Crippen LogP) is 4.23. The second-order valence-corrected chi connectivity index (χ2v) is 8.60. The van der Waals surface area contributed by atoms with Gasteiger partial charge in [-0.25, -0.2) is 0 Å². The van der Waals surface area contributed by atoms with Crippen LogP contribution in [-0.4, -0.2) is 55.0 Å². The van der Waals surface area contributed by atoms with Crippen LogP contribution in [-0.2, 0) is 11.3 Å². The van der Waals surface area contributed by atoms with Gasteiger partial charge in [-0.15, -0.1) is 24.8 Å². The molecule has 3 rings (SSSR count). The number of rotatable bonds is 8. The van der Waals surface area contributed by atoms with E-state index < -0.39 is 0 Å². The number of carbonyl (C=O) groups is 1. The Morgan fingerprint density at radius 3 is 2.66 bits per heavy atom. The third-order valence-corrected chi connectivity index (χ3v) is 6.47. The molecule has 2 fully saturated rings. The van der Waals surface area contributed by atoms with Gasteiger partial charge < -0.3 is 10.2 Å². The Morgan fingerprint density at radius 2 is 2.00 bits per heavy atom. The number of hydrogen-bond donors (Lipinski definition) is 1. The van der Waals surface area contributed by atoms with Crippen LogP contribution in [0.1, 0.15) is 45.1 Å². The maximum Gasteiger partial charge on any atom is 0.222 e. The Kier molecular flexibility index (Phi) is 12.2. The fraction of sp³-hybridized carbons (Fsp3) is 0.696. The lowest BCUT2D eigenvalue weighted by molar-refractivity contribution is -0.133. The molecule has 166 valence electrons. The van der Waals surface area contributed by atoms with Gasteiger partial charge in [0, 0.05) is 32.6 Å². The van der Waals surface area contributed by atoms with Gasteiger partial charge in [0.25, 0.3) is 0 Å². The molecular formula is C23H39Cl2N3O. The molecule has 4 nitrogen and oxygen atoms in total. The second-order valence-electron chi connectivity index (χ2n) is 8.60. The summed E-state index contributed by atoms with van der Waals surface area (Å²) in [5.41, 5.74) is 1.39. The first-order chi connectivity index (χ1) is 13.2. The third kappa shape index (κ3) is 8.09. The van der Waals surface area contributed by atoms with Crippen molar-refractivity contribution >= 4 is 30.7 Å². The van der Waals surface area contributed by atoms with Crippen LogP contribution in [0.25, 0.3) is 0 Å². The van der Waals surface area contributed by atoms with Gasteiger partial charge in [-0.05, 0) is 69.1 Å². The van der Waals surface area contributed by atoms with E-state index >= 15 is 0 Å². The number of likely N-dealkylation sites (tertiary alicyclic amines) is 1. The zero-order valence-electron chi connectivity index (χ0n) is 18.0. The number of nitrogens with zero attached hydrogens (tertiary/aromatic N) is 2. The average molecular weight is 444 g/mol. The van der Waals surface area contributed by atoms with Crippen molar-refractivity contribution in [2.75, 3.05) is 39.3 Å². The van der Waals surface area contributed by atoms with E-state index in [2.05, 4.69) is 59.3 Å². The number of piperidine rings is 1. The van der Waals surface area contributed by atoms with E-state index in [0.29, 0.717) is 30.1 Å². The Hall–Kier alpha value is -0.810. The van der Waals surface area contributed by atoms with Gasteiger partial charge in [-0.3, -0.25) is 9.69 Å². The van der Waals surface area contributed by atoms with Crippen LogP contribution >= 0.6 is 24.8 Å². The quantitative estimate of drug-likeness (QED) is 0.652. The van der Waals surface area contributed by atoms with Crippen molar-refractivity contribution in [3.8, 4) is 0 Å². The fourth-order valence-electron chi connectivity index (χ4n) is 4.70. The first-order valence-corrected chi connectivity index (χ1v) is 10.9. The van der Waals surface area contributed by atoms with Crippen molar-refractivity contribution in [3.63, 3.8) is 0 Å². The number of halogens is 2. The first kappa shape index (κ1) is 26.2. The summed E-state index contributed by atoms with van der Waals surface area (Å²) in [4.78, 5) is 17.5. The van der Waals surface area contributed by atoms with Gasteiger partial charge in [0.1, 0.15) is 0 Å². The predicted molar refractivity (Wildman–Crippen MR) is 126 cm³/mol. The van der Waals surface area contributed by atoms with Gasteiger partial charge >= 0.3 is 0 Å². The topological polar surface area (TPSA) is 35.6 Å². The second kappa shape index (κ2) is 13.5. The summed E-state index contributed by atoms with van der Waals surface area (Å²) < 4.78 is 0. The van der Waals surface area contributed by atoms with E-state index in [1.807, 2.05) is 0 Å². The zero-order valence-corrected chi connectivity index (χ0v) is 19.6. The minimum Gasteiger partial charge on any atom is -0.343 e. The number of amides is 1. The molecule has 6 heteroatoms. The Labute approximate surface area is 189 Å². The van der Waals surface area contributed by atoms with Crippen LogP contribution in [0.4, 0.5) is 0 Å². The highest BCUT2D eigenvalue weighted by atomic mass is 35.5. The molecule has 3 atom stereocenters. The molecule has 29 heavy (non-hydrogen) atoms. The third-order valence-electron chi connectivity index (χ3n) is 6.47. The lowest BCUT2D eigenvalue weighted by Gasteiger charge is -2.31. The first-order valence-electron chi connectivity index (χ1n) is 10.9. The molecule has 2 heterocycles. The van der Waals surface area contributed by atoms with Gasteiger partial charge in [0.2, 0.25) is 5.91 Å². The summed E-state index contributed by atoms with van der Waals surface area (Å²) in [6.07, 6.45) is 4.43. The van der Waals surface area contributed by atoms with E-state index in [9.17, 15) is 4.79 Å². The SMILES string of the molecule is CCN(CC1CCN(Cc2ccccc2)C1)C(=O)CC(C)C1CCCNC1.Cl.Cl. The summed E-state index contributed by atoms with van der Waals surface area (Å²) in [6.45, 7) is 11.7. The fourth-order valence-corrected chi connectivity index (χ4v) is 4.70. The van der Waals surface area contributed by atoms with Crippen molar-refractivity contribution in [2.24, 2.45) is 17.8 Å². The summed E-state index contributed by atoms with van der Waals surface area (Å²) >= 11 is 0. The molecule has 0 saturated carbocycles. The smallest absolute Gasteiger partial charge is 0.222 e. The maximum atomic E-state index is 12.9. The summed E-state index contributed by atoms with van der Waals surface area (Å²) in [5, 5.41) is 3.49. The molecule has 2 aliphatic heterocycles. The molecule has 0 radical (unpaired) electrons. The van der Waals surface area contributed by atoms with Gasteiger partial charge in [0.15, 0.2) is 0 Å². The monoisotopic (exact) mass is 443 g/mol. The highest BCUT2D eigenvalue weighted by Gasteiger charge is 2.28. The highest BCUT2D eigenvalue weighted by molar-refractivity contribution is 5.85. The Bertz CT molecular complexity index is 581. The van der Waals surface area contributed by atoms with Gasteiger partial charge in [-0.1, -0.05) is 37.3 Å². The summed E-state index contributed by atoms with van der Waals surface area (Å²) in [7, 11) is 0.